The number of aliphatic carboxylic acids is 1. The van der Waals surface area contributed by atoms with E-state index in [1.54, 1.807) is 0 Å². The molecule has 0 aliphatic heterocycles. The Hall–Kier alpha value is -2.04. The van der Waals surface area contributed by atoms with Crippen molar-refractivity contribution in [3.05, 3.63) is 29.3 Å². The van der Waals surface area contributed by atoms with E-state index in [-0.39, 0.29) is 18.4 Å². The zero-order valence-corrected chi connectivity index (χ0v) is 12.2. The number of rotatable bonds is 6. The van der Waals surface area contributed by atoms with Gasteiger partial charge in [0.15, 0.2) is 0 Å². The number of aryl methyl sites for hydroxylation is 2. The highest BCUT2D eigenvalue weighted by Crippen LogP contribution is 2.16. The van der Waals surface area contributed by atoms with E-state index < -0.39 is 5.97 Å². The Kier molecular flexibility index (Phi) is 6.03. The molecule has 0 fully saturated rings. The lowest BCUT2D eigenvalue weighted by atomic mass is 10.0. The second-order valence-corrected chi connectivity index (χ2v) is 5.03. The van der Waals surface area contributed by atoms with Crippen LogP contribution in [0, 0.1) is 19.8 Å². The molecule has 5 nitrogen and oxygen atoms in total. The van der Waals surface area contributed by atoms with Crippen LogP contribution in [-0.4, -0.2) is 23.7 Å². The molecule has 1 aromatic carbocycles. The summed E-state index contributed by atoms with van der Waals surface area (Å²) in [6.45, 7) is 6.16. The van der Waals surface area contributed by atoms with Crippen molar-refractivity contribution in [2.75, 3.05) is 11.9 Å². The highest BCUT2D eigenvalue weighted by Gasteiger charge is 2.12. The Morgan fingerprint density at radius 3 is 2.60 bits per heavy atom. The number of urea groups is 1. The van der Waals surface area contributed by atoms with Crippen LogP contribution in [0.25, 0.3) is 0 Å². The molecule has 1 atom stereocenters. The minimum absolute atomic E-state index is 0.0446. The third kappa shape index (κ3) is 5.30. The maximum absolute atomic E-state index is 11.8. The van der Waals surface area contributed by atoms with Crippen LogP contribution in [-0.2, 0) is 4.79 Å². The molecule has 0 saturated heterocycles. The fourth-order valence-corrected chi connectivity index (χ4v) is 1.88. The third-order valence-electron chi connectivity index (χ3n) is 3.23. The average molecular weight is 278 g/mol. The van der Waals surface area contributed by atoms with Gasteiger partial charge in [0, 0.05) is 18.7 Å². The quantitative estimate of drug-likeness (QED) is 0.748. The van der Waals surface area contributed by atoms with E-state index in [1.165, 1.54) is 0 Å². The van der Waals surface area contributed by atoms with Crippen molar-refractivity contribution in [1.29, 1.82) is 0 Å². The lowest BCUT2D eigenvalue weighted by molar-refractivity contribution is -0.138. The molecule has 110 valence electrons. The number of hydrogen-bond acceptors (Lipinski definition) is 2. The standard InChI is InChI=1S/C15H22N2O3/c1-4-12(8-14(18)19)9-16-15(20)17-13-7-10(2)5-6-11(13)3/h5-7,12H,4,8-9H2,1-3H3,(H,18,19)(H2,16,17,20). The minimum Gasteiger partial charge on any atom is -0.481 e. The molecule has 0 radical (unpaired) electrons. The topological polar surface area (TPSA) is 78.4 Å². The second kappa shape index (κ2) is 7.53. The Labute approximate surface area is 119 Å². The van der Waals surface area contributed by atoms with Gasteiger partial charge in [-0.1, -0.05) is 25.5 Å². The SMILES string of the molecule is CCC(CNC(=O)Nc1cc(C)ccc1C)CC(=O)O. The Morgan fingerprint density at radius 2 is 2.00 bits per heavy atom. The van der Waals surface area contributed by atoms with Gasteiger partial charge in [-0.3, -0.25) is 4.79 Å². The van der Waals surface area contributed by atoms with E-state index in [9.17, 15) is 9.59 Å². The van der Waals surface area contributed by atoms with E-state index in [1.807, 2.05) is 39.0 Å². The molecule has 1 rings (SSSR count). The smallest absolute Gasteiger partial charge is 0.319 e. The molecule has 0 bridgehead atoms. The number of benzene rings is 1. The number of carbonyl (C=O) groups excluding carboxylic acids is 1. The molecule has 0 saturated carbocycles. The summed E-state index contributed by atoms with van der Waals surface area (Å²) in [7, 11) is 0. The molecular formula is C15H22N2O3. The van der Waals surface area contributed by atoms with Crippen LogP contribution in [0.4, 0.5) is 10.5 Å². The van der Waals surface area contributed by atoms with Gasteiger partial charge in [-0.15, -0.1) is 0 Å². The molecule has 5 heteroatoms. The molecule has 3 N–H and O–H groups in total. The third-order valence-corrected chi connectivity index (χ3v) is 3.23. The second-order valence-electron chi connectivity index (χ2n) is 5.03. The van der Waals surface area contributed by atoms with Crippen LogP contribution < -0.4 is 10.6 Å². The van der Waals surface area contributed by atoms with Gasteiger partial charge in [0.1, 0.15) is 0 Å². The maximum Gasteiger partial charge on any atom is 0.319 e. The number of nitrogens with one attached hydrogen (secondary N) is 2. The van der Waals surface area contributed by atoms with Crippen molar-refractivity contribution < 1.29 is 14.7 Å². The van der Waals surface area contributed by atoms with Gasteiger partial charge in [0.2, 0.25) is 0 Å². The van der Waals surface area contributed by atoms with Gasteiger partial charge in [0.25, 0.3) is 0 Å². The summed E-state index contributed by atoms with van der Waals surface area (Å²) in [5, 5.41) is 14.3. The van der Waals surface area contributed by atoms with Crippen LogP contribution in [0.2, 0.25) is 0 Å². The molecule has 20 heavy (non-hydrogen) atoms. The summed E-state index contributed by atoms with van der Waals surface area (Å²) in [5.41, 5.74) is 2.83. The summed E-state index contributed by atoms with van der Waals surface area (Å²) in [6, 6.07) is 5.54. The first-order valence-electron chi connectivity index (χ1n) is 6.76. The molecule has 1 unspecified atom stereocenters. The number of carboxylic acid groups (broad SMARTS) is 1. The highest BCUT2D eigenvalue weighted by atomic mass is 16.4. The molecule has 0 spiro atoms. The summed E-state index contributed by atoms with van der Waals surface area (Å²) >= 11 is 0. The molecular weight excluding hydrogens is 256 g/mol. The van der Waals surface area contributed by atoms with Gasteiger partial charge >= 0.3 is 12.0 Å². The van der Waals surface area contributed by atoms with Crippen molar-refractivity contribution in [3.8, 4) is 0 Å². The van der Waals surface area contributed by atoms with Gasteiger partial charge in [-0.05, 0) is 37.0 Å². The lowest BCUT2D eigenvalue weighted by Crippen LogP contribution is -2.33. The summed E-state index contributed by atoms with van der Waals surface area (Å²) in [6.07, 6.45) is 0.788. The Bertz CT molecular complexity index is 486. The first kappa shape index (κ1) is 16.0. The van der Waals surface area contributed by atoms with E-state index in [4.69, 9.17) is 5.11 Å². The molecule has 1 aromatic rings. The van der Waals surface area contributed by atoms with E-state index in [2.05, 4.69) is 10.6 Å². The Balaban J connectivity index is 2.51. The van der Waals surface area contributed by atoms with Gasteiger partial charge in [0.05, 0.1) is 0 Å². The first-order chi connectivity index (χ1) is 9.42. The van der Waals surface area contributed by atoms with Gasteiger partial charge in [-0.25, -0.2) is 4.79 Å². The normalized spacial score (nSPS) is 11.8. The van der Waals surface area contributed by atoms with Crippen LogP contribution in [0.3, 0.4) is 0 Å². The first-order valence-corrected chi connectivity index (χ1v) is 6.76. The molecule has 0 aliphatic carbocycles. The van der Waals surface area contributed by atoms with E-state index in [0.717, 1.165) is 23.2 Å². The number of anilines is 1. The summed E-state index contributed by atoms with van der Waals surface area (Å²) in [5.74, 6) is -0.884. The molecule has 0 aliphatic rings. The van der Waals surface area contributed by atoms with Crippen LogP contribution >= 0.6 is 0 Å². The van der Waals surface area contributed by atoms with Crippen molar-refractivity contribution in [2.45, 2.75) is 33.6 Å². The number of hydrogen-bond donors (Lipinski definition) is 3. The van der Waals surface area contributed by atoms with Crippen molar-refractivity contribution in [3.63, 3.8) is 0 Å². The molecule has 2 amide bonds. The van der Waals surface area contributed by atoms with Crippen molar-refractivity contribution >= 4 is 17.7 Å². The highest BCUT2D eigenvalue weighted by molar-refractivity contribution is 5.90. The van der Waals surface area contributed by atoms with Crippen LogP contribution in [0.1, 0.15) is 30.9 Å². The number of carboxylic acids is 1. The van der Waals surface area contributed by atoms with Crippen molar-refractivity contribution in [2.24, 2.45) is 5.92 Å². The average Bonchev–Trinajstić information content (AvgIpc) is 2.38. The van der Waals surface area contributed by atoms with Crippen LogP contribution in [0.5, 0.6) is 0 Å². The zero-order chi connectivity index (χ0) is 15.1. The maximum atomic E-state index is 11.8. The monoisotopic (exact) mass is 278 g/mol. The van der Waals surface area contributed by atoms with E-state index in [0.29, 0.717) is 6.54 Å². The molecule has 0 aromatic heterocycles. The predicted octanol–water partition coefficient (Wildman–Crippen LogP) is 2.93. The van der Waals surface area contributed by atoms with Gasteiger partial charge in [-0.2, -0.15) is 0 Å². The van der Waals surface area contributed by atoms with Gasteiger partial charge < -0.3 is 15.7 Å². The zero-order valence-electron chi connectivity index (χ0n) is 12.2. The lowest BCUT2D eigenvalue weighted by Gasteiger charge is -2.15. The van der Waals surface area contributed by atoms with Crippen LogP contribution in [0.15, 0.2) is 18.2 Å². The largest absolute Gasteiger partial charge is 0.481 e. The number of amides is 2. The number of carbonyl (C=O) groups is 2. The predicted molar refractivity (Wildman–Crippen MR) is 79.0 cm³/mol. The van der Waals surface area contributed by atoms with E-state index >= 15 is 0 Å². The fourth-order valence-electron chi connectivity index (χ4n) is 1.88. The molecule has 0 heterocycles. The minimum atomic E-state index is -0.839. The fraction of sp³-hybridized carbons (Fsp3) is 0.467. The summed E-state index contributed by atoms with van der Waals surface area (Å²) < 4.78 is 0. The summed E-state index contributed by atoms with van der Waals surface area (Å²) in [4.78, 5) is 22.5. The van der Waals surface area contributed by atoms with Crippen molar-refractivity contribution in [1.82, 2.24) is 5.32 Å². The Morgan fingerprint density at radius 1 is 1.30 bits per heavy atom.